The maximum atomic E-state index is 5.97. The fourth-order valence-electron chi connectivity index (χ4n) is 1.69. The van der Waals surface area contributed by atoms with Crippen molar-refractivity contribution >= 4 is 23.2 Å². The molecule has 0 aromatic rings. The van der Waals surface area contributed by atoms with Gasteiger partial charge in [-0.2, -0.15) is 0 Å². The summed E-state index contributed by atoms with van der Waals surface area (Å²) in [5.74, 6) is 0.628. The molecule has 0 saturated carbocycles. The Morgan fingerprint density at radius 1 is 1.41 bits per heavy atom. The second kappa shape index (κ2) is 8.02. The van der Waals surface area contributed by atoms with Crippen molar-refractivity contribution in [1.82, 2.24) is 5.06 Å². The molecule has 2 nitrogen and oxygen atoms in total. The molecular weight excluding hydrogens is 257 g/mol. The number of unbranched alkanes of at least 4 members (excludes halogenated alkanes) is 1. The van der Waals surface area contributed by atoms with E-state index in [2.05, 4.69) is 13.8 Å². The minimum Gasteiger partial charge on any atom is -0.273 e. The molecule has 0 spiro atoms. The molecule has 1 heterocycles. The molecule has 4 heteroatoms. The summed E-state index contributed by atoms with van der Waals surface area (Å²) in [6, 6.07) is 0. The fourth-order valence-corrected chi connectivity index (χ4v) is 1.99. The Hall–Kier alpha value is -0.180. The van der Waals surface area contributed by atoms with Crippen molar-refractivity contribution in [1.29, 1.82) is 0 Å². The van der Waals surface area contributed by atoms with E-state index in [1.54, 1.807) is 11.1 Å². The van der Waals surface area contributed by atoms with E-state index in [0.717, 1.165) is 13.0 Å². The van der Waals surface area contributed by atoms with Crippen LogP contribution in [0.2, 0.25) is 0 Å². The molecule has 0 bridgehead atoms. The van der Waals surface area contributed by atoms with E-state index in [1.165, 1.54) is 19.3 Å². The lowest BCUT2D eigenvalue weighted by atomic mass is 10.0. The van der Waals surface area contributed by atoms with Gasteiger partial charge in [-0.3, -0.25) is 9.90 Å². The van der Waals surface area contributed by atoms with Gasteiger partial charge >= 0.3 is 0 Å². The summed E-state index contributed by atoms with van der Waals surface area (Å²) >= 11 is 11.8. The van der Waals surface area contributed by atoms with Gasteiger partial charge in [-0.25, -0.2) is 0 Å². The lowest BCUT2D eigenvalue weighted by molar-refractivity contribution is -0.128. The van der Waals surface area contributed by atoms with Crippen molar-refractivity contribution < 1.29 is 4.84 Å². The van der Waals surface area contributed by atoms with Crippen molar-refractivity contribution in [3.8, 4) is 0 Å². The van der Waals surface area contributed by atoms with Crippen LogP contribution in [0.15, 0.2) is 22.3 Å². The topological polar surface area (TPSA) is 12.5 Å². The molecule has 0 aromatic heterocycles. The van der Waals surface area contributed by atoms with E-state index in [1.807, 2.05) is 6.20 Å². The van der Waals surface area contributed by atoms with Gasteiger partial charge < -0.3 is 0 Å². The zero-order valence-corrected chi connectivity index (χ0v) is 12.1. The molecule has 1 rings (SSSR count). The molecule has 1 unspecified atom stereocenters. The van der Waals surface area contributed by atoms with Crippen LogP contribution in [0.25, 0.3) is 0 Å². The highest BCUT2D eigenvalue weighted by Gasteiger charge is 2.13. The van der Waals surface area contributed by atoms with Crippen LogP contribution in [-0.2, 0) is 4.84 Å². The lowest BCUT2D eigenvalue weighted by Gasteiger charge is -2.25. The molecule has 0 aromatic carbocycles. The standard InChI is InChI=1S/C13H21Cl2NO/c1-3-5-6-11(4-2)10-17-16-8-7-12(14)13(15)9-16/h7-8,11H,3-6,9-10H2,1-2H3. The van der Waals surface area contributed by atoms with Crippen molar-refractivity contribution in [3.63, 3.8) is 0 Å². The summed E-state index contributed by atoms with van der Waals surface area (Å²) in [6.07, 6.45) is 8.49. The largest absolute Gasteiger partial charge is 0.273 e. The van der Waals surface area contributed by atoms with Crippen molar-refractivity contribution in [2.24, 2.45) is 5.92 Å². The first kappa shape index (κ1) is 14.9. The van der Waals surface area contributed by atoms with Crippen LogP contribution < -0.4 is 0 Å². The molecule has 98 valence electrons. The summed E-state index contributed by atoms with van der Waals surface area (Å²) in [6.45, 7) is 5.72. The van der Waals surface area contributed by atoms with Crippen LogP contribution in [0.5, 0.6) is 0 Å². The van der Waals surface area contributed by atoms with Crippen LogP contribution in [0.4, 0.5) is 0 Å². The number of hydrogen-bond acceptors (Lipinski definition) is 2. The lowest BCUT2D eigenvalue weighted by Crippen LogP contribution is -2.25. The predicted octanol–water partition coefficient (Wildman–Crippen LogP) is 4.65. The van der Waals surface area contributed by atoms with E-state index in [0.29, 0.717) is 22.5 Å². The normalized spacial score (nSPS) is 17.8. The highest BCUT2D eigenvalue weighted by atomic mass is 35.5. The number of nitrogens with zero attached hydrogens (tertiary/aromatic N) is 1. The van der Waals surface area contributed by atoms with Gasteiger partial charge in [0.15, 0.2) is 0 Å². The van der Waals surface area contributed by atoms with E-state index < -0.39 is 0 Å². The Labute approximate surface area is 114 Å². The molecule has 17 heavy (non-hydrogen) atoms. The first-order chi connectivity index (χ1) is 8.17. The van der Waals surface area contributed by atoms with Crippen molar-refractivity contribution in [2.45, 2.75) is 39.5 Å². The van der Waals surface area contributed by atoms with Gasteiger partial charge in [0, 0.05) is 6.20 Å². The van der Waals surface area contributed by atoms with Crippen molar-refractivity contribution in [2.75, 3.05) is 13.2 Å². The highest BCUT2D eigenvalue weighted by Crippen LogP contribution is 2.22. The van der Waals surface area contributed by atoms with Crippen LogP contribution >= 0.6 is 23.2 Å². The van der Waals surface area contributed by atoms with Gasteiger partial charge in [0.1, 0.15) is 0 Å². The predicted molar refractivity (Wildman–Crippen MR) is 73.8 cm³/mol. The van der Waals surface area contributed by atoms with E-state index in [9.17, 15) is 0 Å². The van der Waals surface area contributed by atoms with Crippen LogP contribution in [-0.4, -0.2) is 18.2 Å². The number of halogens is 2. The monoisotopic (exact) mass is 277 g/mol. The quantitative estimate of drug-likeness (QED) is 0.672. The molecule has 1 aliphatic heterocycles. The first-order valence-corrected chi connectivity index (χ1v) is 7.04. The molecule has 0 saturated heterocycles. The fraction of sp³-hybridized carbons (Fsp3) is 0.692. The summed E-state index contributed by atoms with van der Waals surface area (Å²) < 4.78 is 0. The highest BCUT2D eigenvalue weighted by molar-refractivity contribution is 6.40. The summed E-state index contributed by atoms with van der Waals surface area (Å²) in [5, 5.41) is 2.99. The van der Waals surface area contributed by atoms with Gasteiger partial charge in [0.25, 0.3) is 0 Å². The molecule has 0 N–H and O–H groups in total. The molecule has 0 amide bonds. The van der Waals surface area contributed by atoms with Gasteiger partial charge in [0.05, 0.1) is 23.2 Å². The molecule has 1 aliphatic rings. The minimum atomic E-state index is 0.543. The van der Waals surface area contributed by atoms with Crippen LogP contribution in [0, 0.1) is 5.92 Å². The second-order valence-corrected chi connectivity index (χ2v) is 5.22. The van der Waals surface area contributed by atoms with E-state index in [4.69, 9.17) is 28.0 Å². The van der Waals surface area contributed by atoms with E-state index >= 15 is 0 Å². The second-order valence-electron chi connectivity index (χ2n) is 4.36. The number of rotatable bonds is 7. The summed E-state index contributed by atoms with van der Waals surface area (Å²) in [5.41, 5.74) is 0. The number of hydrogen-bond donors (Lipinski definition) is 0. The average molecular weight is 278 g/mol. The Kier molecular flexibility index (Phi) is 7.02. The summed E-state index contributed by atoms with van der Waals surface area (Å²) in [7, 11) is 0. The summed E-state index contributed by atoms with van der Waals surface area (Å²) in [4.78, 5) is 5.72. The molecule has 0 fully saturated rings. The molecule has 0 aliphatic carbocycles. The third-order valence-electron chi connectivity index (χ3n) is 2.96. The Morgan fingerprint density at radius 2 is 2.18 bits per heavy atom. The third kappa shape index (κ3) is 5.33. The molecule has 1 atom stereocenters. The Balaban J connectivity index is 2.29. The Bertz CT molecular complexity index is 289. The van der Waals surface area contributed by atoms with Crippen molar-refractivity contribution in [3.05, 3.63) is 22.3 Å². The average Bonchev–Trinajstić information content (AvgIpc) is 2.34. The van der Waals surface area contributed by atoms with Gasteiger partial charge in [0.2, 0.25) is 0 Å². The zero-order valence-electron chi connectivity index (χ0n) is 10.6. The number of hydroxylamine groups is 2. The van der Waals surface area contributed by atoms with Gasteiger partial charge in [-0.15, -0.1) is 0 Å². The van der Waals surface area contributed by atoms with E-state index in [-0.39, 0.29) is 0 Å². The van der Waals surface area contributed by atoms with Crippen LogP contribution in [0.1, 0.15) is 39.5 Å². The van der Waals surface area contributed by atoms with Crippen LogP contribution in [0.3, 0.4) is 0 Å². The smallest absolute Gasteiger partial charge is 0.0820 e. The minimum absolute atomic E-state index is 0.543. The Morgan fingerprint density at radius 3 is 2.76 bits per heavy atom. The SMILES string of the molecule is CCCCC(CC)CON1C=CC(Cl)=C(Cl)C1. The molecular formula is C13H21Cl2NO. The molecule has 0 radical (unpaired) electrons. The third-order valence-corrected chi connectivity index (χ3v) is 3.73. The van der Waals surface area contributed by atoms with Gasteiger partial charge in [-0.1, -0.05) is 56.3 Å². The maximum Gasteiger partial charge on any atom is 0.0820 e. The van der Waals surface area contributed by atoms with Gasteiger partial charge in [-0.05, 0) is 18.4 Å². The number of allylic oxidation sites excluding steroid dienone is 2. The first-order valence-electron chi connectivity index (χ1n) is 6.29. The maximum absolute atomic E-state index is 5.97. The zero-order chi connectivity index (χ0) is 12.7.